The molecular weight excluding hydrogens is 477 g/mol. The van der Waals surface area contributed by atoms with E-state index in [0.717, 1.165) is 53.1 Å². The number of aryl methyl sites for hydroxylation is 3. The Labute approximate surface area is 210 Å². The SMILES string of the molecule is Cc1ccc(CSc2nc3c(sc(=S)n3-c3ccccc3C)c3nc4ccccc4n23)c(C)c1. The van der Waals surface area contributed by atoms with Gasteiger partial charge in [-0.05, 0) is 67.9 Å². The second kappa shape index (κ2) is 8.34. The summed E-state index contributed by atoms with van der Waals surface area (Å²) in [6, 6.07) is 23.2. The van der Waals surface area contributed by atoms with E-state index in [1.165, 1.54) is 16.7 Å². The third-order valence-electron chi connectivity index (χ3n) is 6.15. The van der Waals surface area contributed by atoms with Crippen molar-refractivity contribution in [2.45, 2.75) is 31.7 Å². The van der Waals surface area contributed by atoms with Crippen LogP contribution in [0.5, 0.6) is 0 Å². The summed E-state index contributed by atoms with van der Waals surface area (Å²) >= 11 is 9.17. The quantitative estimate of drug-likeness (QED) is 0.141. The van der Waals surface area contributed by atoms with Gasteiger partial charge in [0.1, 0.15) is 4.70 Å². The largest absolute Gasteiger partial charge is 0.275 e. The monoisotopic (exact) mass is 498 g/mol. The van der Waals surface area contributed by atoms with Crippen molar-refractivity contribution in [2.24, 2.45) is 0 Å². The van der Waals surface area contributed by atoms with Crippen molar-refractivity contribution in [3.05, 3.63) is 92.9 Å². The molecule has 0 saturated carbocycles. The molecule has 0 spiro atoms. The van der Waals surface area contributed by atoms with Gasteiger partial charge in [0.15, 0.2) is 20.4 Å². The van der Waals surface area contributed by atoms with E-state index in [1.54, 1.807) is 23.1 Å². The van der Waals surface area contributed by atoms with Gasteiger partial charge < -0.3 is 0 Å². The Hall–Kier alpha value is -3.00. The van der Waals surface area contributed by atoms with E-state index in [9.17, 15) is 0 Å². The van der Waals surface area contributed by atoms with E-state index in [-0.39, 0.29) is 0 Å². The highest BCUT2D eigenvalue weighted by molar-refractivity contribution is 7.98. The fourth-order valence-electron chi connectivity index (χ4n) is 4.40. The molecule has 0 fully saturated rings. The second-order valence-electron chi connectivity index (χ2n) is 8.52. The minimum Gasteiger partial charge on any atom is -0.275 e. The van der Waals surface area contributed by atoms with Crippen LogP contribution in [0.1, 0.15) is 22.3 Å². The summed E-state index contributed by atoms with van der Waals surface area (Å²) in [6.45, 7) is 6.42. The van der Waals surface area contributed by atoms with Gasteiger partial charge in [-0.15, -0.1) is 0 Å². The predicted octanol–water partition coefficient (Wildman–Crippen LogP) is 7.83. The maximum absolute atomic E-state index is 5.85. The maximum Gasteiger partial charge on any atom is 0.176 e. The van der Waals surface area contributed by atoms with E-state index < -0.39 is 0 Å². The van der Waals surface area contributed by atoms with Crippen LogP contribution in [0.15, 0.2) is 71.9 Å². The molecule has 34 heavy (non-hydrogen) atoms. The topological polar surface area (TPSA) is 35.1 Å². The zero-order chi connectivity index (χ0) is 23.4. The molecule has 4 nitrogen and oxygen atoms in total. The molecular formula is C27H22N4S3. The first kappa shape index (κ1) is 21.5. The molecule has 0 aliphatic carbocycles. The number of benzene rings is 3. The van der Waals surface area contributed by atoms with Crippen LogP contribution in [0.3, 0.4) is 0 Å². The van der Waals surface area contributed by atoms with E-state index in [1.807, 2.05) is 12.1 Å². The van der Waals surface area contributed by atoms with Crippen LogP contribution in [-0.2, 0) is 5.75 Å². The van der Waals surface area contributed by atoms with Crippen molar-refractivity contribution in [2.75, 3.05) is 0 Å². The molecule has 0 bridgehead atoms. The Kier molecular flexibility index (Phi) is 5.28. The highest BCUT2D eigenvalue weighted by Gasteiger charge is 2.20. The number of thioether (sulfide) groups is 1. The van der Waals surface area contributed by atoms with Crippen molar-refractivity contribution >= 4 is 62.3 Å². The third-order valence-corrected chi connectivity index (χ3v) is 8.50. The molecule has 0 aliphatic heterocycles. The molecule has 168 valence electrons. The van der Waals surface area contributed by atoms with Gasteiger partial charge in [0.2, 0.25) is 0 Å². The lowest BCUT2D eigenvalue weighted by Crippen LogP contribution is -2.02. The fraction of sp³-hybridized carbons (Fsp3) is 0.148. The molecule has 0 radical (unpaired) electrons. The van der Waals surface area contributed by atoms with Gasteiger partial charge in [0.25, 0.3) is 0 Å². The Morgan fingerprint density at radius 2 is 1.68 bits per heavy atom. The minimum atomic E-state index is 0.780. The molecule has 0 saturated heterocycles. The zero-order valence-corrected chi connectivity index (χ0v) is 21.5. The van der Waals surface area contributed by atoms with Gasteiger partial charge in [0, 0.05) is 5.75 Å². The van der Waals surface area contributed by atoms with Crippen molar-refractivity contribution in [1.82, 2.24) is 18.9 Å². The van der Waals surface area contributed by atoms with Crippen LogP contribution in [0, 0.1) is 24.7 Å². The lowest BCUT2D eigenvalue weighted by Gasteiger charge is -2.11. The van der Waals surface area contributed by atoms with Gasteiger partial charge in [-0.25, -0.2) is 9.97 Å². The smallest absolute Gasteiger partial charge is 0.176 e. The number of fused-ring (bicyclic) bond motifs is 5. The van der Waals surface area contributed by atoms with Gasteiger partial charge in [-0.3, -0.25) is 8.97 Å². The summed E-state index contributed by atoms with van der Waals surface area (Å²) in [5.41, 5.74) is 9.95. The highest BCUT2D eigenvalue weighted by Crippen LogP contribution is 2.35. The molecule has 3 aromatic carbocycles. The minimum absolute atomic E-state index is 0.780. The van der Waals surface area contributed by atoms with Crippen molar-refractivity contribution in [1.29, 1.82) is 0 Å². The van der Waals surface area contributed by atoms with Crippen LogP contribution in [0.2, 0.25) is 0 Å². The first-order chi connectivity index (χ1) is 16.5. The Bertz CT molecular complexity index is 1770. The van der Waals surface area contributed by atoms with Gasteiger partial charge in [-0.2, -0.15) is 0 Å². The number of thiazole rings is 1. The predicted molar refractivity (Wildman–Crippen MR) is 146 cm³/mol. The molecule has 6 rings (SSSR count). The van der Waals surface area contributed by atoms with Crippen LogP contribution >= 0.6 is 35.3 Å². The van der Waals surface area contributed by atoms with E-state index in [4.69, 9.17) is 22.2 Å². The molecule has 0 atom stereocenters. The van der Waals surface area contributed by atoms with Gasteiger partial charge >= 0.3 is 0 Å². The average Bonchev–Trinajstić information content (AvgIpc) is 3.36. The lowest BCUT2D eigenvalue weighted by molar-refractivity contribution is 0.925. The number of para-hydroxylation sites is 3. The molecule has 6 aromatic rings. The number of nitrogens with zero attached hydrogens (tertiary/aromatic N) is 4. The molecule has 0 aliphatic rings. The number of hydrogen-bond donors (Lipinski definition) is 0. The number of imidazole rings is 1. The summed E-state index contributed by atoms with van der Waals surface area (Å²) in [7, 11) is 0. The van der Waals surface area contributed by atoms with Gasteiger partial charge in [0.05, 0.1) is 16.7 Å². The normalized spacial score (nSPS) is 11.7. The summed E-state index contributed by atoms with van der Waals surface area (Å²) in [5, 5.41) is 0.923. The van der Waals surface area contributed by atoms with Crippen LogP contribution in [0.25, 0.3) is 32.7 Å². The second-order valence-corrected chi connectivity index (χ2v) is 11.1. The molecule has 0 unspecified atom stereocenters. The number of hydrogen-bond acceptors (Lipinski definition) is 5. The fourth-order valence-corrected chi connectivity index (χ4v) is 6.81. The maximum atomic E-state index is 5.85. The third kappa shape index (κ3) is 3.47. The number of rotatable bonds is 4. The van der Waals surface area contributed by atoms with E-state index in [2.05, 4.69) is 84.3 Å². The van der Waals surface area contributed by atoms with E-state index in [0.29, 0.717) is 0 Å². The van der Waals surface area contributed by atoms with Crippen LogP contribution < -0.4 is 0 Å². The standard InChI is InChI=1S/C27H22N4S3/c1-16-12-13-19(18(3)14-16)15-33-26-29-25-23(24-28-20-9-5-7-11-22(20)30(24)26)34-27(32)31(25)21-10-6-4-8-17(21)2/h4-14H,15H2,1-3H3. The van der Waals surface area contributed by atoms with Crippen molar-refractivity contribution in [3.63, 3.8) is 0 Å². The van der Waals surface area contributed by atoms with E-state index >= 15 is 0 Å². The summed E-state index contributed by atoms with van der Waals surface area (Å²) < 4.78 is 6.09. The Morgan fingerprint density at radius 3 is 2.50 bits per heavy atom. The highest BCUT2D eigenvalue weighted by atomic mass is 32.2. The molecule has 7 heteroatoms. The Morgan fingerprint density at radius 1 is 0.882 bits per heavy atom. The molecule has 3 aromatic heterocycles. The van der Waals surface area contributed by atoms with Gasteiger partial charge in [-0.1, -0.05) is 77.2 Å². The van der Waals surface area contributed by atoms with Crippen molar-refractivity contribution < 1.29 is 0 Å². The van der Waals surface area contributed by atoms with Crippen LogP contribution in [-0.4, -0.2) is 18.9 Å². The first-order valence-corrected chi connectivity index (χ1v) is 13.3. The zero-order valence-electron chi connectivity index (χ0n) is 19.1. The lowest BCUT2D eigenvalue weighted by atomic mass is 10.1. The summed E-state index contributed by atoms with van der Waals surface area (Å²) in [6.07, 6.45) is 0. The molecule has 3 heterocycles. The Balaban J connectivity index is 1.62. The number of aromatic nitrogens is 4. The molecule has 0 N–H and O–H groups in total. The summed E-state index contributed by atoms with van der Waals surface area (Å²) in [5.74, 6) is 0.835. The molecule has 0 amide bonds. The average molecular weight is 499 g/mol. The first-order valence-electron chi connectivity index (χ1n) is 11.1. The van der Waals surface area contributed by atoms with Crippen LogP contribution in [0.4, 0.5) is 0 Å². The summed E-state index contributed by atoms with van der Waals surface area (Å²) in [4.78, 5) is 10.2. The van der Waals surface area contributed by atoms with Crippen molar-refractivity contribution in [3.8, 4) is 5.69 Å².